The van der Waals surface area contributed by atoms with E-state index in [9.17, 15) is 4.39 Å². The maximum absolute atomic E-state index is 14.3. The van der Waals surface area contributed by atoms with Crippen molar-refractivity contribution >= 4 is 22.4 Å². The Morgan fingerprint density at radius 1 is 1.07 bits per heavy atom. The van der Waals surface area contributed by atoms with Gasteiger partial charge in [0.25, 0.3) is 0 Å². The van der Waals surface area contributed by atoms with Gasteiger partial charge in [0.2, 0.25) is 0 Å². The van der Waals surface area contributed by atoms with E-state index in [1.165, 1.54) is 6.07 Å². The number of aryl methyl sites for hydroxylation is 1. The monoisotopic (exact) mass is 409 g/mol. The van der Waals surface area contributed by atoms with Crippen molar-refractivity contribution in [2.75, 3.05) is 14.2 Å². The minimum atomic E-state index is -0.292. The molecule has 0 atom stereocenters. The molecule has 0 amide bonds. The first-order valence-electron chi connectivity index (χ1n) is 8.59. The Kier molecular flexibility index (Phi) is 7.28. The predicted molar refractivity (Wildman–Crippen MR) is 102 cm³/mol. The van der Waals surface area contributed by atoms with Gasteiger partial charge < -0.3 is 21.9 Å². The minimum absolute atomic E-state index is 0. The van der Waals surface area contributed by atoms with Crippen LogP contribution in [0, 0.1) is 5.82 Å². The highest BCUT2D eigenvalue weighted by Crippen LogP contribution is 2.33. The fraction of sp³-hybridized carbons (Fsp3) is 0.286. The third-order valence-corrected chi connectivity index (χ3v) is 4.88. The molecule has 2 aromatic carbocycles. The number of halogens is 3. The van der Waals surface area contributed by atoms with Gasteiger partial charge in [0.05, 0.1) is 30.2 Å². The van der Waals surface area contributed by atoms with Crippen molar-refractivity contribution < 1.29 is 30.8 Å². The molecular formula is C21H22Cl2FNO2. The maximum atomic E-state index is 14.3. The number of ether oxygens (including phenoxy) is 2. The van der Waals surface area contributed by atoms with Gasteiger partial charge >= 0.3 is 0 Å². The summed E-state index contributed by atoms with van der Waals surface area (Å²) in [6, 6.07) is 10.7. The molecule has 0 spiro atoms. The molecule has 144 valence electrons. The lowest BCUT2D eigenvalue weighted by molar-refractivity contribution is -0.694. The van der Waals surface area contributed by atoms with E-state index >= 15 is 0 Å². The Hall–Kier alpha value is -2.04. The third-order valence-electron chi connectivity index (χ3n) is 4.52. The molecule has 0 aliphatic rings. The number of rotatable bonds is 6. The van der Waals surface area contributed by atoms with Crippen molar-refractivity contribution in [2.24, 2.45) is 0 Å². The topological polar surface area (TPSA) is 22.3 Å². The smallest absolute Gasteiger partial charge is 0.189 e. The highest BCUT2D eigenvalue weighted by atomic mass is 35.5. The van der Waals surface area contributed by atoms with Crippen LogP contribution in [0.1, 0.15) is 24.6 Å². The first-order valence-corrected chi connectivity index (χ1v) is 8.96. The molecule has 6 heteroatoms. The Balaban J connectivity index is 0.00000261. The second-order valence-corrected chi connectivity index (χ2v) is 6.54. The van der Waals surface area contributed by atoms with Crippen LogP contribution in [0.15, 0.2) is 42.6 Å². The zero-order valence-electron chi connectivity index (χ0n) is 15.6. The Morgan fingerprint density at radius 3 is 2.41 bits per heavy atom. The highest BCUT2D eigenvalue weighted by Gasteiger charge is 2.20. The second kappa shape index (κ2) is 9.25. The van der Waals surface area contributed by atoms with E-state index in [1.54, 1.807) is 26.4 Å². The Labute approximate surface area is 170 Å². The zero-order valence-corrected chi connectivity index (χ0v) is 17.1. The number of pyridine rings is 1. The van der Waals surface area contributed by atoms with Crippen LogP contribution in [-0.4, -0.2) is 14.2 Å². The van der Waals surface area contributed by atoms with Crippen LogP contribution in [-0.2, 0) is 13.0 Å². The van der Waals surface area contributed by atoms with Gasteiger partial charge in [0.15, 0.2) is 29.9 Å². The average Bonchev–Trinajstić information content (AvgIpc) is 2.65. The Morgan fingerprint density at radius 2 is 1.78 bits per heavy atom. The van der Waals surface area contributed by atoms with Gasteiger partial charge in [0, 0.05) is 12.5 Å². The van der Waals surface area contributed by atoms with Gasteiger partial charge in [-0.2, -0.15) is 4.57 Å². The number of hydrogen-bond acceptors (Lipinski definition) is 2. The van der Waals surface area contributed by atoms with Crippen LogP contribution in [0.4, 0.5) is 4.39 Å². The number of fused-ring (bicyclic) bond motifs is 1. The molecule has 0 unspecified atom stereocenters. The number of nitrogens with zero attached hydrogens (tertiary/aromatic N) is 1. The molecule has 0 fully saturated rings. The number of hydrogen-bond donors (Lipinski definition) is 0. The van der Waals surface area contributed by atoms with Crippen LogP contribution >= 0.6 is 11.6 Å². The number of aromatic nitrogens is 1. The normalized spacial score (nSPS) is 10.6. The molecule has 1 heterocycles. The molecule has 27 heavy (non-hydrogen) atoms. The first-order chi connectivity index (χ1) is 12.6. The summed E-state index contributed by atoms with van der Waals surface area (Å²) in [6.45, 7) is 2.51. The van der Waals surface area contributed by atoms with E-state index in [0.29, 0.717) is 28.6 Å². The van der Waals surface area contributed by atoms with Gasteiger partial charge in [-0.1, -0.05) is 24.6 Å². The summed E-state index contributed by atoms with van der Waals surface area (Å²) in [5.74, 6) is 1.08. The lowest BCUT2D eigenvalue weighted by Gasteiger charge is -2.12. The fourth-order valence-corrected chi connectivity index (χ4v) is 3.44. The number of methoxy groups -OCH3 is 2. The molecule has 0 saturated carbocycles. The van der Waals surface area contributed by atoms with E-state index in [2.05, 4.69) is 11.5 Å². The maximum Gasteiger partial charge on any atom is 0.189 e. The summed E-state index contributed by atoms with van der Waals surface area (Å²) < 4.78 is 27.2. The standard InChI is InChI=1S/C21H22ClFNO2.ClH/c1-4-6-19-15-12-21(26-3)20(25-2)11-14(15)9-10-24(19)13-16-17(22)7-5-8-18(16)23;/h5,7-12H,4,6,13H2,1-3H3;1H/q+1;/p-1. The molecule has 3 nitrogen and oxygen atoms in total. The van der Waals surface area contributed by atoms with Gasteiger partial charge in [-0.25, -0.2) is 4.39 Å². The summed E-state index contributed by atoms with van der Waals surface area (Å²) in [5.41, 5.74) is 1.61. The van der Waals surface area contributed by atoms with E-state index in [4.69, 9.17) is 21.1 Å². The molecule has 0 bridgehead atoms. The SMILES string of the molecule is CCCc1c2cc(OC)c(OC)cc2cc[n+]1Cc1c(F)cccc1Cl.[Cl-]. The lowest BCUT2D eigenvalue weighted by atomic mass is 10.0. The zero-order chi connectivity index (χ0) is 18.7. The molecule has 0 aliphatic heterocycles. The second-order valence-electron chi connectivity index (χ2n) is 6.13. The molecule has 3 aromatic rings. The fourth-order valence-electron chi connectivity index (χ4n) is 3.21. The van der Waals surface area contributed by atoms with E-state index in [0.717, 1.165) is 29.3 Å². The molecule has 0 saturated heterocycles. The first kappa shape index (κ1) is 21.3. The summed E-state index contributed by atoms with van der Waals surface area (Å²) in [5, 5.41) is 2.56. The van der Waals surface area contributed by atoms with Crippen molar-refractivity contribution in [3.63, 3.8) is 0 Å². The predicted octanol–water partition coefficient (Wildman–Crippen LogP) is 1.94. The van der Waals surface area contributed by atoms with Crippen LogP contribution in [0.3, 0.4) is 0 Å². The number of benzene rings is 2. The Bertz CT molecular complexity index is 927. The molecule has 0 N–H and O–H groups in total. The quantitative estimate of drug-likeness (QED) is 0.580. The van der Waals surface area contributed by atoms with Crippen LogP contribution in [0.5, 0.6) is 11.5 Å². The summed E-state index contributed by atoms with van der Waals surface area (Å²) in [7, 11) is 3.25. The largest absolute Gasteiger partial charge is 1.00 e. The van der Waals surface area contributed by atoms with Crippen molar-refractivity contribution in [3.05, 3.63) is 64.7 Å². The molecule has 1 aromatic heterocycles. The summed E-state index contributed by atoms with van der Waals surface area (Å²) in [6.07, 6.45) is 3.80. The van der Waals surface area contributed by atoms with Crippen LogP contribution in [0.2, 0.25) is 5.02 Å². The summed E-state index contributed by atoms with van der Waals surface area (Å²) in [4.78, 5) is 0. The van der Waals surface area contributed by atoms with E-state index in [-0.39, 0.29) is 18.2 Å². The van der Waals surface area contributed by atoms with Crippen LogP contribution in [0.25, 0.3) is 10.8 Å². The molecular weight excluding hydrogens is 388 g/mol. The third kappa shape index (κ3) is 4.28. The van der Waals surface area contributed by atoms with Crippen molar-refractivity contribution in [3.8, 4) is 11.5 Å². The van der Waals surface area contributed by atoms with Crippen molar-refractivity contribution in [1.29, 1.82) is 0 Å². The van der Waals surface area contributed by atoms with E-state index in [1.807, 2.05) is 24.4 Å². The minimum Gasteiger partial charge on any atom is -1.00 e. The van der Waals surface area contributed by atoms with Gasteiger partial charge in [-0.3, -0.25) is 0 Å². The highest BCUT2D eigenvalue weighted by molar-refractivity contribution is 6.31. The van der Waals surface area contributed by atoms with E-state index < -0.39 is 0 Å². The lowest BCUT2D eigenvalue weighted by Crippen LogP contribution is -3.00. The van der Waals surface area contributed by atoms with Crippen LogP contribution < -0.4 is 26.4 Å². The van der Waals surface area contributed by atoms with Gasteiger partial charge in [0.1, 0.15) is 5.82 Å². The van der Waals surface area contributed by atoms with Gasteiger partial charge in [-0.15, -0.1) is 0 Å². The molecule has 0 radical (unpaired) electrons. The molecule has 0 aliphatic carbocycles. The van der Waals surface area contributed by atoms with Gasteiger partial charge in [-0.05, 0) is 36.1 Å². The van der Waals surface area contributed by atoms with Crippen molar-refractivity contribution in [1.82, 2.24) is 0 Å². The average molecular weight is 410 g/mol. The molecule has 3 rings (SSSR count). The summed E-state index contributed by atoms with van der Waals surface area (Å²) >= 11 is 6.22. The van der Waals surface area contributed by atoms with Crippen molar-refractivity contribution in [2.45, 2.75) is 26.3 Å².